The number of hydrogen-bond donors (Lipinski definition) is 1. The minimum Gasteiger partial charge on any atom is -0.313 e. The summed E-state index contributed by atoms with van der Waals surface area (Å²) in [6.45, 7) is 0. The lowest BCUT2D eigenvalue weighted by molar-refractivity contribution is 0.577. The average Bonchev–Trinajstić information content (AvgIpc) is 3.05. The fourth-order valence-electron chi connectivity index (χ4n) is 2.41. The van der Waals surface area contributed by atoms with Gasteiger partial charge in [-0.25, -0.2) is 4.98 Å². The number of imidazole rings is 1. The average molecular weight is 303 g/mol. The topological polar surface area (TPSA) is 29.3 Å². The predicted molar refractivity (Wildman–Crippen MR) is 86.8 cm³/mol. The van der Waals surface area contributed by atoms with E-state index >= 15 is 0 Å². The van der Waals surface area contributed by atoms with E-state index in [0.29, 0.717) is 6.04 Å². The molecule has 104 valence electrons. The Bertz CT molecular complexity index is 673. The molecule has 0 aliphatic carbocycles. The minimum absolute atomic E-state index is 0.295. The van der Waals surface area contributed by atoms with E-state index in [1.165, 1.54) is 10.5 Å². The monoisotopic (exact) mass is 303 g/mol. The fourth-order valence-corrected chi connectivity index (χ4v) is 3.78. The number of nitrogens with zero attached hydrogens (tertiary/aromatic N) is 2. The zero-order valence-corrected chi connectivity index (χ0v) is 13.2. The number of hydrogen-bond acceptors (Lipinski definition) is 4. The molecule has 1 atom stereocenters. The molecule has 0 saturated heterocycles. The summed E-state index contributed by atoms with van der Waals surface area (Å²) in [7, 11) is 2.01. The van der Waals surface area contributed by atoms with Crippen LogP contribution < -0.4 is 5.32 Å². The molecule has 0 amide bonds. The molecule has 0 bridgehead atoms. The highest BCUT2D eigenvalue weighted by Gasteiger charge is 2.15. The van der Waals surface area contributed by atoms with Crippen molar-refractivity contribution in [2.45, 2.75) is 17.4 Å². The van der Waals surface area contributed by atoms with E-state index in [4.69, 9.17) is 0 Å². The van der Waals surface area contributed by atoms with Gasteiger partial charge in [0.25, 0.3) is 0 Å². The van der Waals surface area contributed by atoms with Crippen molar-refractivity contribution in [2.24, 2.45) is 0 Å². The van der Waals surface area contributed by atoms with Gasteiger partial charge in [0.2, 0.25) is 0 Å². The molecule has 2 aromatic heterocycles. The summed E-state index contributed by atoms with van der Waals surface area (Å²) in [4.78, 5) is 7.07. The van der Waals surface area contributed by atoms with Gasteiger partial charge in [-0.1, -0.05) is 18.2 Å². The highest BCUT2D eigenvalue weighted by atomic mass is 32.2. The van der Waals surface area contributed by atoms with Crippen LogP contribution in [0.4, 0.5) is 0 Å². The number of thiazole rings is 1. The third kappa shape index (κ3) is 2.61. The zero-order chi connectivity index (χ0) is 13.9. The second-order valence-corrected chi connectivity index (χ2v) is 6.33. The number of likely N-dealkylation sites (N-methyl/N-ethyl adjacent to an activating group) is 1. The summed E-state index contributed by atoms with van der Waals surface area (Å²) < 4.78 is 2.09. The van der Waals surface area contributed by atoms with Crippen molar-refractivity contribution < 1.29 is 0 Å². The van der Waals surface area contributed by atoms with Gasteiger partial charge in [-0.2, -0.15) is 0 Å². The van der Waals surface area contributed by atoms with Gasteiger partial charge in [-0.3, -0.25) is 4.40 Å². The molecule has 3 aromatic rings. The Balaban J connectivity index is 1.88. The molecule has 20 heavy (non-hydrogen) atoms. The third-order valence-electron chi connectivity index (χ3n) is 3.42. The molecule has 0 radical (unpaired) electrons. The van der Waals surface area contributed by atoms with E-state index in [2.05, 4.69) is 63.0 Å². The van der Waals surface area contributed by atoms with Crippen LogP contribution in [0.25, 0.3) is 4.96 Å². The maximum absolute atomic E-state index is 4.68. The molecular formula is C15H17N3S2. The van der Waals surface area contributed by atoms with E-state index in [1.54, 1.807) is 23.1 Å². The lowest BCUT2D eigenvalue weighted by Crippen LogP contribution is -2.19. The Kier molecular flexibility index (Phi) is 4.10. The van der Waals surface area contributed by atoms with Gasteiger partial charge < -0.3 is 5.32 Å². The van der Waals surface area contributed by atoms with Crippen LogP contribution in [0.1, 0.15) is 17.3 Å². The minimum atomic E-state index is 0.295. The highest BCUT2D eigenvalue weighted by Crippen LogP contribution is 2.28. The summed E-state index contributed by atoms with van der Waals surface area (Å²) >= 11 is 3.47. The van der Waals surface area contributed by atoms with E-state index < -0.39 is 0 Å². The molecule has 3 nitrogen and oxygen atoms in total. The van der Waals surface area contributed by atoms with Crippen molar-refractivity contribution >= 4 is 28.1 Å². The second kappa shape index (κ2) is 5.99. The van der Waals surface area contributed by atoms with Crippen molar-refractivity contribution in [3.05, 3.63) is 53.3 Å². The molecule has 1 N–H and O–H groups in total. The van der Waals surface area contributed by atoms with Crippen LogP contribution >= 0.6 is 23.1 Å². The van der Waals surface area contributed by atoms with Gasteiger partial charge in [0.05, 0.1) is 5.69 Å². The van der Waals surface area contributed by atoms with Crippen LogP contribution in [0, 0.1) is 0 Å². The normalized spacial score (nSPS) is 12.9. The summed E-state index contributed by atoms with van der Waals surface area (Å²) in [5.41, 5.74) is 2.48. The lowest BCUT2D eigenvalue weighted by atomic mass is 10.0. The largest absolute Gasteiger partial charge is 0.313 e. The molecule has 3 rings (SSSR count). The van der Waals surface area contributed by atoms with Gasteiger partial charge in [0, 0.05) is 35.1 Å². The Labute approximate surface area is 127 Å². The summed E-state index contributed by atoms with van der Waals surface area (Å²) in [6.07, 6.45) is 7.21. The van der Waals surface area contributed by atoms with Crippen molar-refractivity contribution in [1.29, 1.82) is 0 Å². The first-order valence-corrected chi connectivity index (χ1v) is 8.63. The number of benzene rings is 1. The Morgan fingerprint density at radius 1 is 1.40 bits per heavy atom. The van der Waals surface area contributed by atoms with Gasteiger partial charge in [0.15, 0.2) is 4.96 Å². The van der Waals surface area contributed by atoms with Crippen LogP contribution in [-0.2, 0) is 6.42 Å². The number of aromatic nitrogens is 2. The van der Waals surface area contributed by atoms with Crippen LogP contribution in [-0.4, -0.2) is 22.7 Å². The van der Waals surface area contributed by atoms with Gasteiger partial charge in [0.1, 0.15) is 0 Å². The quantitative estimate of drug-likeness (QED) is 0.730. The lowest BCUT2D eigenvalue weighted by Gasteiger charge is -2.18. The molecule has 0 spiro atoms. The molecule has 1 unspecified atom stereocenters. The summed E-state index contributed by atoms with van der Waals surface area (Å²) in [5.74, 6) is 0. The molecule has 5 heteroatoms. The van der Waals surface area contributed by atoms with Crippen molar-refractivity contribution in [1.82, 2.24) is 14.7 Å². The van der Waals surface area contributed by atoms with Crippen molar-refractivity contribution in [3.8, 4) is 0 Å². The molecule has 1 aromatic carbocycles. The first kappa shape index (κ1) is 13.7. The second-order valence-electron chi connectivity index (χ2n) is 4.61. The summed E-state index contributed by atoms with van der Waals surface area (Å²) in [5, 5.41) is 5.48. The van der Waals surface area contributed by atoms with Crippen LogP contribution in [0.5, 0.6) is 0 Å². The van der Waals surface area contributed by atoms with E-state index in [1.807, 2.05) is 7.05 Å². The van der Waals surface area contributed by atoms with Gasteiger partial charge in [-0.05, 0) is 24.9 Å². The molecule has 0 aliphatic heterocycles. The van der Waals surface area contributed by atoms with Crippen LogP contribution in [0.2, 0.25) is 0 Å². The van der Waals surface area contributed by atoms with Crippen LogP contribution in [0.3, 0.4) is 0 Å². The maximum atomic E-state index is 4.68. The number of thioether (sulfide) groups is 1. The third-order valence-corrected chi connectivity index (χ3v) is 5.00. The fraction of sp³-hybridized carbons (Fsp3) is 0.267. The molecule has 0 saturated carbocycles. The first-order valence-electron chi connectivity index (χ1n) is 6.53. The molecule has 2 heterocycles. The van der Waals surface area contributed by atoms with E-state index in [9.17, 15) is 0 Å². The Morgan fingerprint density at radius 2 is 2.25 bits per heavy atom. The van der Waals surface area contributed by atoms with E-state index in [0.717, 1.165) is 17.1 Å². The Morgan fingerprint density at radius 3 is 3.00 bits per heavy atom. The zero-order valence-electron chi connectivity index (χ0n) is 11.5. The van der Waals surface area contributed by atoms with Gasteiger partial charge in [-0.15, -0.1) is 23.1 Å². The summed E-state index contributed by atoms with van der Waals surface area (Å²) in [6, 6.07) is 8.87. The number of fused-ring (bicyclic) bond motifs is 1. The Hall–Kier alpha value is -1.30. The molecule has 0 fully saturated rings. The standard InChI is InChI=1S/C15H17N3S2/c1-16-13(12-5-3-4-6-14(12)19-2)9-11-10-18-7-8-20-15(18)17-11/h3-8,10,13,16H,9H2,1-2H3. The number of nitrogens with one attached hydrogen (secondary N) is 1. The maximum Gasteiger partial charge on any atom is 0.193 e. The van der Waals surface area contributed by atoms with Crippen molar-refractivity contribution in [2.75, 3.05) is 13.3 Å². The SMILES string of the molecule is CNC(Cc1cn2ccsc2n1)c1ccccc1SC. The predicted octanol–water partition coefficient (Wildman–Crippen LogP) is 3.62. The van der Waals surface area contributed by atoms with Gasteiger partial charge >= 0.3 is 0 Å². The van der Waals surface area contributed by atoms with Crippen LogP contribution in [0.15, 0.2) is 46.9 Å². The highest BCUT2D eigenvalue weighted by molar-refractivity contribution is 7.98. The molecular weight excluding hydrogens is 286 g/mol. The molecule has 0 aliphatic rings. The smallest absolute Gasteiger partial charge is 0.193 e. The number of rotatable bonds is 5. The van der Waals surface area contributed by atoms with E-state index in [-0.39, 0.29) is 0 Å². The first-order chi connectivity index (χ1) is 9.81. The van der Waals surface area contributed by atoms with Crippen molar-refractivity contribution in [3.63, 3.8) is 0 Å².